The van der Waals surface area contributed by atoms with Crippen LogP contribution in [0.3, 0.4) is 0 Å². The summed E-state index contributed by atoms with van der Waals surface area (Å²) in [6.45, 7) is 7.99. The van der Waals surface area contributed by atoms with Gasteiger partial charge in [-0.15, -0.1) is 0 Å². The number of hydrogen-bond donors (Lipinski definition) is 1. The fraction of sp³-hybridized carbons (Fsp3) is 0.600. The van der Waals surface area contributed by atoms with Gasteiger partial charge in [0, 0.05) is 18.8 Å². The van der Waals surface area contributed by atoms with Crippen molar-refractivity contribution in [2.45, 2.75) is 39.7 Å². The molecule has 1 atom stereocenters. The molecule has 2 heteroatoms. The average Bonchev–Trinajstić information content (AvgIpc) is 2.34. The molecule has 0 aromatic heterocycles. The summed E-state index contributed by atoms with van der Waals surface area (Å²) in [6.07, 6.45) is 4.08. The molecule has 1 aliphatic heterocycles. The van der Waals surface area contributed by atoms with Crippen molar-refractivity contribution in [2.75, 3.05) is 18.8 Å². The molecular formula is C15H24N2. The quantitative estimate of drug-likeness (QED) is 0.811. The lowest BCUT2D eigenvalue weighted by Gasteiger charge is -2.32. The van der Waals surface area contributed by atoms with Crippen molar-refractivity contribution >= 4 is 5.69 Å². The number of hydrogen-bond acceptors (Lipinski definition) is 2. The topological polar surface area (TPSA) is 29.3 Å². The molecule has 1 heterocycles. The molecule has 0 amide bonds. The van der Waals surface area contributed by atoms with E-state index in [0.29, 0.717) is 0 Å². The Kier molecular flexibility index (Phi) is 4.06. The van der Waals surface area contributed by atoms with Crippen molar-refractivity contribution in [3.8, 4) is 0 Å². The predicted molar refractivity (Wildman–Crippen MR) is 73.9 cm³/mol. The van der Waals surface area contributed by atoms with E-state index < -0.39 is 0 Å². The Bertz CT molecular complexity index is 373. The average molecular weight is 232 g/mol. The van der Waals surface area contributed by atoms with Gasteiger partial charge in [-0.25, -0.2) is 0 Å². The number of nitrogen functional groups attached to an aromatic ring is 1. The van der Waals surface area contributed by atoms with Crippen LogP contribution >= 0.6 is 0 Å². The molecule has 1 aromatic carbocycles. The lowest BCUT2D eigenvalue weighted by molar-refractivity contribution is 0.164. The molecule has 1 fully saturated rings. The van der Waals surface area contributed by atoms with Crippen LogP contribution in [-0.2, 0) is 6.54 Å². The van der Waals surface area contributed by atoms with E-state index in [2.05, 4.69) is 30.9 Å². The number of likely N-dealkylation sites (tertiary alicyclic amines) is 1. The molecule has 2 nitrogen and oxygen atoms in total. The summed E-state index contributed by atoms with van der Waals surface area (Å²) < 4.78 is 0. The summed E-state index contributed by atoms with van der Waals surface area (Å²) >= 11 is 0. The largest absolute Gasteiger partial charge is 0.399 e. The number of piperidine rings is 1. The molecule has 0 aliphatic carbocycles. The van der Waals surface area contributed by atoms with Gasteiger partial charge in [0.2, 0.25) is 0 Å². The van der Waals surface area contributed by atoms with E-state index >= 15 is 0 Å². The smallest absolute Gasteiger partial charge is 0.0343 e. The van der Waals surface area contributed by atoms with Gasteiger partial charge < -0.3 is 5.73 Å². The van der Waals surface area contributed by atoms with Crippen LogP contribution in [0.5, 0.6) is 0 Å². The number of rotatable bonds is 3. The van der Waals surface area contributed by atoms with E-state index in [1.807, 2.05) is 6.07 Å². The van der Waals surface area contributed by atoms with Crippen molar-refractivity contribution in [3.63, 3.8) is 0 Å². The normalized spacial score (nSPS) is 21.6. The van der Waals surface area contributed by atoms with Gasteiger partial charge in [0.25, 0.3) is 0 Å². The van der Waals surface area contributed by atoms with Crippen molar-refractivity contribution in [1.82, 2.24) is 4.90 Å². The molecule has 2 rings (SSSR count). The Labute approximate surface area is 105 Å². The first kappa shape index (κ1) is 12.4. The van der Waals surface area contributed by atoms with Gasteiger partial charge in [0.1, 0.15) is 0 Å². The Morgan fingerprint density at radius 1 is 1.41 bits per heavy atom. The number of nitrogens with zero attached hydrogens (tertiary/aromatic N) is 1. The van der Waals surface area contributed by atoms with E-state index in [9.17, 15) is 0 Å². The van der Waals surface area contributed by atoms with Gasteiger partial charge in [0.15, 0.2) is 0 Å². The third kappa shape index (κ3) is 3.22. The molecule has 1 saturated heterocycles. The second-order valence-corrected chi connectivity index (χ2v) is 5.34. The first-order valence-corrected chi connectivity index (χ1v) is 6.76. The molecule has 0 spiro atoms. The summed E-state index contributed by atoms with van der Waals surface area (Å²) in [7, 11) is 0. The Hall–Kier alpha value is -1.02. The van der Waals surface area contributed by atoms with E-state index in [-0.39, 0.29) is 0 Å². The SMILES string of the molecule is CCC1CCCN(Cc2ccc(N)c(C)c2)C1. The predicted octanol–water partition coefficient (Wildman–Crippen LogP) is 3.20. The highest BCUT2D eigenvalue weighted by Crippen LogP contribution is 2.21. The van der Waals surface area contributed by atoms with Gasteiger partial charge in [-0.2, -0.15) is 0 Å². The molecule has 94 valence electrons. The fourth-order valence-electron chi connectivity index (χ4n) is 2.72. The van der Waals surface area contributed by atoms with Crippen molar-refractivity contribution in [3.05, 3.63) is 29.3 Å². The summed E-state index contributed by atoms with van der Waals surface area (Å²) in [5.74, 6) is 0.902. The summed E-state index contributed by atoms with van der Waals surface area (Å²) in [5.41, 5.74) is 9.35. The number of aryl methyl sites for hydroxylation is 1. The molecule has 17 heavy (non-hydrogen) atoms. The minimum absolute atomic E-state index is 0.902. The zero-order valence-electron chi connectivity index (χ0n) is 11.1. The Balaban J connectivity index is 1.97. The van der Waals surface area contributed by atoms with Gasteiger partial charge in [-0.05, 0) is 49.4 Å². The first-order chi connectivity index (χ1) is 8.19. The molecule has 2 N–H and O–H groups in total. The maximum absolute atomic E-state index is 5.85. The molecule has 0 radical (unpaired) electrons. The fourth-order valence-corrected chi connectivity index (χ4v) is 2.72. The van der Waals surface area contributed by atoms with Gasteiger partial charge in [0.05, 0.1) is 0 Å². The minimum atomic E-state index is 0.902. The second-order valence-electron chi connectivity index (χ2n) is 5.34. The third-order valence-corrected chi connectivity index (χ3v) is 3.92. The van der Waals surface area contributed by atoms with Crippen LogP contribution in [0.1, 0.15) is 37.3 Å². The molecule has 1 unspecified atom stereocenters. The molecule has 0 saturated carbocycles. The lowest BCUT2D eigenvalue weighted by atomic mass is 9.95. The maximum atomic E-state index is 5.85. The number of benzene rings is 1. The van der Waals surface area contributed by atoms with Gasteiger partial charge in [-0.3, -0.25) is 4.90 Å². The molecular weight excluding hydrogens is 208 g/mol. The van der Waals surface area contributed by atoms with Crippen LogP contribution in [0.25, 0.3) is 0 Å². The van der Waals surface area contributed by atoms with Crippen LogP contribution in [0.15, 0.2) is 18.2 Å². The monoisotopic (exact) mass is 232 g/mol. The maximum Gasteiger partial charge on any atom is 0.0343 e. The van der Waals surface area contributed by atoms with E-state index in [4.69, 9.17) is 5.73 Å². The van der Waals surface area contributed by atoms with Gasteiger partial charge >= 0.3 is 0 Å². The van der Waals surface area contributed by atoms with E-state index in [1.165, 1.54) is 43.5 Å². The minimum Gasteiger partial charge on any atom is -0.399 e. The van der Waals surface area contributed by atoms with E-state index in [0.717, 1.165) is 18.2 Å². The van der Waals surface area contributed by atoms with Crippen molar-refractivity contribution < 1.29 is 0 Å². The molecule has 1 aromatic rings. The molecule has 0 bridgehead atoms. The highest BCUT2D eigenvalue weighted by atomic mass is 15.1. The van der Waals surface area contributed by atoms with Crippen LogP contribution in [-0.4, -0.2) is 18.0 Å². The summed E-state index contributed by atoms with van der Waals surface area (Å²) in [5, 5.41) is 0. The zero-order valence-corrected chi connectivity index (χ0v) is 11.1. The van der Waals surface area contributed by atoms with E-state index in [1.54, 1.807) is 0 Å². The standard InChI is InChI=1S/C15H24N2/c1-3-13-5-4-8-17(10-13)11-14-6-7-15(16)12(2)9-14/h6-7,9,13H,3-5,8,10-11,16H2,1-2H3. The van der Waals surface area contributed by atoms with Crippen LogP contribution < -0.4 is 5.73 Å². The Morgan fingerprint density at radius 3 is 2.94 bits per heavy atom. The lowest BCUT2D eigenvalue weighted by Crippen LogP contribution is -2.34. The number of anilines is 1. The summed E-state index contributed by atoms with van der Waals surface area (Å²) in [6, 6.07) is 6.43. The summed E-state index contributed by atoms with van der Waals surface area (Å²) in [4.78, 5) is 2.59. The van der Waals surface area contributed by atoms with Gasteiger partial charge in [-0.1, -0.05) is 25.5 Å². The third-order valence-electron chi connectivity index (χ3n) is 3.92. The van der Waals surface area contributed by atoms with Crippen LogP contribution in [0.4, 0.5) is 5.69 Å². The first-order valence-electron chi connectivity index (χ1n) is 6.76. The van der Waals surface area contributed by atoms with Crippen molar-refractivity contribution in [1.29, 1.82) is 0 Å². The second kappa shape index (κ2) is 5.54. The van der Waals surface area contributed by atoms with Crippen molar-refractivity contribution in [2.24, 2.45) is 5.92 Å². The highest BCUT2D eigenvalue weighted by molar-refractivity contribution is 5.47. The molecule has 1 aliphatic rings. The number of nitrogens with two attached hydrogens (primary N) is 1. The van der Waals surface area contributed by atoms with Crippen LogP contribution in [0, 0.1) is 12.8 Å². The zero-order chi connectivity index (χ0) is 12.3. The Morgan fingerprint density at radius 2 is 2.24 bits per heavy atom. The van der Waals surface area contributed by atoms with Crippen LogP contribution in [0.2, 0.25) is 0 Å². The highest BCUT2D eigenvalue weighted by Gasteiger charge is 2.18.